The second-order valence-electron chi connectivity index (χ2n) is 8.85. The molecular weight excluding hydrogens is 562 g/mol. The van der Waals surface area contributed by atoms with Crippen molar-refractivity contribution in [2.75, 3.05) is 22.9 Å². The standard InChI is InChI=1S/C24H21N7O7S2/c25-18(32)10-1-3-13(4-2-10)30-6-5-11(20(30)34)7-12-8-39-22-16(21(35)31(22)17(12)23(36)37)28-19(33)15(29-38)14-9-40-24(26)27-14/h1-4,7,9,16,22,38H,5-6,8H2,(H2,25,32)(H2,26,27)(H,28,33)(H,36,37)/b11-7+,29-15-/t16-,22-/m1/s1. The number of carboxylic acid groups (broad SMARTS) is 1. The van der Waals surface area contributed by atoms with Crippen molar-refractivity contribution in [3.63, 3.8) is 0 Å². The Morgan fingerprint density at radius 1 is 1.20 bits per heavy atom. The summed E-state index contributed by atoms with van der Waals surface area (Å²) in [7, 11) is 0. The number of thiazole rings is 1. The number of β-lactam (4-membered cyclic amide) rings is 1. The van der Waals surface area contributed by atoms with Crippen molar-refractivity contribution in [1.82, 2.24) is 15.2 Å². The third kappa shape index (κ3) is 4.66. The lowest BCUT2D eigenvalue weighted by Crippen LogP contribution is -2.71. The number of primary amides is 1. The van der Waals surface area contributed by atoms with E-state index in [1.807, 2.05) is 0 Å². The highest BCUT2D eigenvalue weighted by molar-refractivity contribution is 8.00. The van der Waals surface area contributed by atoms with Crippen molar-refractivity contribution in [3.05, 3.63) is 63.8 Å². The fourth-order valence-corrected chi connectivity index (χ4v) is 6.44. The second kappa shape index (κ2) is 10.5. The third-order valence-corrected chi connectivity index (χ3v) is 8.48. The highest BCUT2D eigenvalue weighted by atomic mass is 32.2. The molecule has 4 heterocycles. The molecule has 5 rings (SSSR count). The van der Waals surface area contributed by atoms with Crippen LogP contribution in [0.15, 0.2) is 57.7 Å². The van der Waals surface area contributed by atoms with E-state index in [4.69, 9.17) is 11.5 Å². The smallest absolute Gasteiger partial charge is 0.352 e. The normalized spacial score (nSPS) is 21.9. The van der Waals surface area contributed by atoms with Crippen LogP contribution in [-0.4, -0.2) is 79.2 Å². The number of carboxylic acids is 1. The first kappa shape index (κ1) is 26.9. The topological polar surface area (TPSA) is 222 Å². The van der Waals surface area contributed by atoms with E-state index in [2.05, 4.69) is 15.5 Å². The molecule has 0 bridgehead atoms. The Morgan fingerprint density at radius 2 is 1.93 bits per heavy atom. The Labute approximate surface area is 234 Å². The molecule has 7 N–H and O–H groups in total. The number of nitrogens with two attached hydrogens (primary N) is 2. The summed E-state index contributed by atoms with van der Waals surface area (Å²) >= 11 is 2.26. The predicted molar refractivity (Wildman–Crippen MR) is 145 cm³/mol. The van der Waals surface area contributed by atoms with Gasteiger partial charge in [0, 0.05) is 34.5 Å². The van der Waals surface area contributed by atoms with Gasteiger partial charge in [0.1, 0.15) is 22.8 Å². The van der Waals surface area contributed by atoms with Gasteiger partial charge in [-0.05, 0) is 42.3 Å². The van der Waals surface area contributed by atoms with E-state index in [0.717, 1.165) is 16.2 Å². The van der Waals surface area contributed by atoms with Crippen LogP contribution in [0.4, 0.5) is 10.8 Å². The number of nitrogens with zero attached hydrogens (tertiary/aromatic N) is 4. The van der Waals surface area contributed by atoms with Gasteiger partial charge in [0.15, 0.2) is 10.8 Å². The van der Waals surface area contributed by atoms with Gasteiger partial charge in [-0.2, -0.15) is 0 Å². The SMILES string of the molecule is NC(=O)c1ccc(N2CC/C(=C\C3=C(C(=O)O)N4C(=O)[C@@H](NC(=O)/C(=N\O)c5csc(N)n5)[C@H]4SC3)C2=O)cc1. The zero-order valence-corrected chi connectivity index (χ0v) is 22.1. The maximum Gasteiger partial charge on any atom is 0.352 e. The van der Waals surface area contributed by atoms with Crippen molar-refractivity contribution in [2.24, 2.45) is 10.9 Å². The molecule has 3 aliphatic heterocycles. The number of fused-ring (bicyclic) bond motifs is 1. The minimum atomic E-state index is -1.35. The van der Waals surface area contributed by atoms with Crippen molar-refractivity contribution >= 4 is 69.2 Å². The molecule has 2 fully saturated rings. The van der Waals surface area contributed by atoms with Gasteiger partial charge in [-0.25, -0.2) is 9.78 Å². The fourth-order valence-electron chi connectivity index (χ4n) is 4.58. The summed E-state index contributed by atoms with van der Waals surface area (Å²) in [6.07, 6.45) is 1.84. The molecule has 0 radical (unpaired) electrons. The zero-order chi connectivity index (χ0) is 28.7. The first-order chi connectivity index (χ1) is 19.1. The average Bonchev–Trinajstić information content (AvgIpc) is 3.52. The molecular formula is C24H21N7O7S2. The van der Waals surface area contributed by atoms with Crippen LogP contribution in [0.2, 0.25) is 0 Å². The van der Waals surface area contributed by atoms with Crippen LogP contribution in [0.25, 0.3) is 0 Å². The number of anilines is 2. The van der Waals surface area contributed by atoms with Crippen molar-refractivity contribution in [1.29, 1.82) is 0 Å². The molecule has 0 aliphatic carbocycles. The predicted octanol–water partition coefficient (Wildman–Crippen LogP) is 0.104. The van der Waals surface area contributed by atoms with Crippen molar-refractivity contribution < 1.29 is 34.3 Å². The van der Waals surface area contributed by atoms with E-state index in [1.165, 1.54) is 40.3 Å². The minimum Gasteiger partial charge on any atom is -0.477 e. The Morgan fingerprint density at radius 3 is 2.52 bits per heavy atom. The summed E-state index contributed by atoms with van der Waals surface area (Å²) in [5, 5.41) is 25.5. The number of amides is 4. The molecule has 16 heteroatoms. The number of allylic oxidation sites excluding steroid dienone is 1. The van der Waals surface area contributed by atoms with Crippen LogP contribution in [0.3, 0.4) is 0 Å². The molecule has 1 aromatic heterocycles. The maximum atomic E-state index is 13.1. The van der Waals surface area contributed by atoms with Crippen LogP contribution in [0, 0.1) is 0 Å². The number of rotatable bonds is 7. The summed E-state index contributed by atoms with van der Waals surface area (Å²) in [6, 6.07) is 5.17. The van der Waals surface area contributed by atoms with Crippen molar-refractivity contribution in [3.8, 4) is 0 Å². The molecule has 2 aromatic rings. The molecule has 40 heavy (non-hydrogen) atoms. The quantitative estimate of drug-likeness (QED) is 0.0972. The van der Waals surface area contributed by atoms with Gasteiger partial charge < -0.3 is 32.0 Å². The number of thioether (sulfide) groups is 1. The summed E-state index contributed by atoms with van der Waals surface area (Å²) in [5.41, 5.74) is 11.7. The first-order valence-electron chi connectivity index (χ1n) is 11.7. The number of hydrogen-bond donors (Lipinski definition) is 5. The van der Waals surface area contributed by atoms with Gasteiger partial charge in [0.2, 0.25) is 5.91 Å². The number of hydrogen-bond acceptors (Lipinski definition) is 11. The van der Waals surface area contributed by atoms with E-state index in [0.29, 0.717) is 29.8 Å². The highest BCUT2D eigenvalue weighted by Gasteiger charge is 2.54. The molecule has 1 aromatic carbocycles. The summed E-state index contributed by atoms with van der Waals surface area (Å²) in [4.78, 5) is 68.8. The average molecular weight is 584 g/mol. The second-order valence-corrected chi connectivity index (χ2v) is 10.8. The lowest BCUT2D eigenvalue weighted by molar-refractivity contribution is -0.150. The number of carbonyl (C=O) groups excluding carboxylic acids is 4. The number of aromatic nitrogens is 1. The molecule has 2 atom stereocenters. The van der Waals surface area contributed by atoms with E-state index >= 15 is 0 Å². The molecule has 0 saturated carbocycles. The lowest BCUT2D eigenvalue weighted by Gasteiger charge is -2.49. The molecule has 14 nitrogen and oxygen atoms in total. The Kier molecular flexibility index (Phi) is 7.03. The van der Waals surface area contributed by atoms with Gasteiger partial charge >= 0.3 is 5.97 Å². The van der Waals surface area contributed by atoms with E-state index in [-0.39, 0.29) is 33.8 Å². The molecule has 0 spiro atoms. The first-order valence-corrected chi connectivity index (χ1v) is 13.6. The van der Waals surface area contributed by atoms with Gasteiger partial charge in [-0.1, -0.05) is 5.16 Å². The maximum absolute atomic E-state index is 13.1. The van der Waals surface area contributed by atoms with Gasteiger partial charge in [-0.3, -0.25) is 24.1 Å². The summed E-state index contributed by atoms with van der Waals surface area (Å²) in [5.74, 6) is -3.64. The molecule has 2 saturated heterocycles. The highest BCUT2D eigenvalue weighted by Crippen LogP contribution is 2.41. The molecule has 206 valence electrons. The van der Waals surface area contributed by atoms with E-state index < -0.39 is 40.8 Å². The number of carbonyl (C=O) groups is 5. The van der Waals surface area contributed by atoms with Crippen LogP contribution >= 0.6 is 23.1 Å². The Hall–Kier alpha value is -4.70. The number of nitrogen functional groups attached to an aromatic ring is 1. The van der Waals surface area contributed by atoms with Gasteiger partial charge in [0.25, 0.3) is 17.7 Å². The zero-order valence-electron chi connectivity index (χ0n) is 20.4. The lowest BCUT2D eigenvalue weighted by atomic mass is 10.0. The summed E-state index contributed by atoms with van der Waals surface area (Å²) < 4.78 is 0. The number of aliphatic carboxylic acids is 1. The molecule has 3 aliphatic rings. The van der Waals surface area contributed by atoms with E-state index in [9.17, 15) is 34.3 Å². The Bertz CT molecular complexity index is 1550. The fraction of sp³-hybridized carbons (Fsp3) is 0.208. The third-order valence-electron chi connectivity index (χ3n) is 6.50. The van der Waals surface area contributed by atoms with Crippen LogP contribution in [0.1, 0.15) is 22.5 Å². The molecule has 0 unspecified atom stereocenters. The number of nitrogens with one attached hydrogen (secondary N) is 1. The monoisotopic (exact) mass is 583 g/mol. The minimum absolute atomic E-state index is 0.0292. The van der Waals surface area contributed by atoms with Gasteiger partial charge in [-0.15, -0.1) is 23.1 Å². The number of oxime groups is 1. The molecule has 4 amide bonds. The van der Waals surface area contributed by atoms with E-state index in [1.54, 1.807) is 12.1 Å². The summed E-state index contributed by atoms with van der Waals surface area (Å²) in [6.45, 7) is 0.349. The number of benzene rings is 1. The van der Waals surface area contributed by atoms with Crippen LogP contribution in [-0.2, 0) is 19.2 Å². The Balaban J connectivity index is 1.34. The largest absolute Gasteiger partial charge is 0.477 e. The van der Waals surface area contributed by atoms with Gasteiger partial charge in [0.05, 0.1) is 0 Å². The van der Waals surface area contributed by atoms with Crippen LogP contribution < -0.4 is 21.7 Å². The van der Waals surface area contributed by atoms with Crippen LogP contribution in [0.5, 0.6) is 0 Å². The van der Waals surface area contributed by atoms with Crippen molar-refractivity contribution in [2.45, 2.75) is 17.8 Å².